The zero-order valence-corrected chi connectivity index (χ0v) is 20.5. The number of anilines is 2. The Balaban J connectivity index is 1.15. The largest absolute Gasteiger partial charge is 0.508 e. The number of amides is 1. The minimum Gasteiger partial charge on any atom is -0.508 e. The van der Waals surface area contributed by atoms with Crippen LogP contribution in [0.3, 0.4) is 0 Å². The molecular weight excluding hydrogens is 476 g/mol. The molecule has 4 N–H and O–H groups in total. The van der Waals surface area contributed by atoms with Crippen LogP contribution >= 0.6 is 11.3 Å². The quantitative estimate of drug-likeness (QED) is 0.169. The summed E-state index contributed by atoms with van der Waals surface area (Å²) in [5.74, 6) is 0.469. The van der Waals surface area contributed by atoms with E-state index in [1.54, 1.807) is 24.3 Å². The monoisotopic (exact) mass is 504 g/mol. The van der Waals surface area contributed by atoms with Crippen molar-refractivity contribution in [3.05, 3.63) is 88.6 Å². The van der Waals surface area contributed by atoms with Gasteiger partial charge in [-0.25, -0.2) is 0 Å². The highest BCUT2D eigenvalue weighted by Crippen LogP contribution is 2.19. The van der Waals surface area contributed by atoms with Gasteiger partial charge in [0.15, 0.2) is 5.82 Å². The smallest absolute Gasteiger partial charge is 0.230 e. The van der Waals surface area contributed by atoms with Gasteiger partial charge in [-0.2, -0.15) is 5.10 Å². The fourth-order valence-corrected chi connectivity index (χ4v) is 4.43. The molecule has 0 bridgehead atoms. The second-order valence-electron chi connectivity index (χ2n) is 8.36. The number of hydrogen-bond acceptors (Lipinski definition) is 9. The molecule has 0 aliphatic rings. The number of benzene rings is 2. The van der Waals surface area contributed by atoms with Gasteiger partial charge < -0.3 is 20.8 Å². The highest BCUT2D eigenvalue weighted by molar-refractivity contribution is 7.15. The number of rotatable bonds is 12. The third-order valence-corrected chi connectivity index (χ3v) is 6.27. The van der Waals surface area contributed by atoms with Crippen molar-refractivity contribution in [1.82, 2.24) is 20.4 Å². The first kappa shape index (κ1) is 25.2. The lowest BCUT2D eigenvalue weighted by Crippen LogP contribution is -2.22. The molecule has 36 heavy (non-hydrogen) atoms. The van der Waals surface area contributed by atoms with Crippen molar-refractivity contribution in [3.63, 3.8) is 0 Å². The number of carbonyl (C=O) groups is 1. The number of nitrogens with zero attached hydrogens (tertiary/aromatic N) is 4. The SMILES string of the molecule is O=C(Cc1cccc(O)c1)Nc1nnc(CCCCc2ccc(NC(O)Cc3ccccc3)nn2)s1. The van der Waals surface area contributed by atoms with Gasteiger partial charge in [-0.1, -0.05) is 53.8 Å². The van der Waals surface area contributed by atoms with E-state index in [1.807, 2.05) is 42.5 Å². The summed E-state index contributed by atoms with van der Waals surface area (Å²) in [6.45, 7) is 0. The van der Waals surface area contributed by atoms with E-state index in [1.165, 1.54) is 11.3 Å². The highest BCUT2D eigenvalue weighted by Gasteiger charge is 2.10. The van der Waals surface area contributed by atoms with E-state index in [4.69, 9.17) is 0 Å². The van der Waals surface area contributed by atoms with Gasteiger partial charge >= 0.3 is 0 Å². The molecule has 0 saturated heterocycles. The van der Waals surface area contributed by atoms with E-state index in [0.717, 1.165) is 47.5 Å². The predicted octanol–water partition coefficient (Wildman–Crippen LogP) is 3.75. The maximum absolute atomic E-state index is 12.2. The first-order chi connectivity index (χ1) is 17.5. The molecule has 2 heterocycles. The molecule has 0 aliphatic carbocycles. The molecule has 9 nitrogen and oxygen atoms in total. The Labute approximate surface area is 213 Å². The Hall–Kier alpha value is -3.89. The van der Waals surface area contributed by atoms with Crippen molar-refractivity contribution < 1.29 is 15.0 Å². The van der Waals surface area contributed by atoms with Crippen molar-refractivity contribution in [2.45, 2.75) is 44.8 Å². The predicted molar refractivity (Wildman–Crippen MR) is 139 cm³/mol. The van der Waals surface area contributed by atoms with Crippen molar-refractivity contribution >= 4 is 28.2 Å². The average molecular weight is 505 g/mol. The number of aryl methyl sites for hydroxylation is 2. The Morgan fingerprint density at radius 3 is 2.47 bits per heavy atom. The molecule has 1 atom stereocenters. The van der Waals surface area contributed by atoms with Crippen molar-refractivity contribution in [1.29, 1.82) is 0 Å². The molecule has 186 valence electrons. The van der Waals surface area contributed by atoms with Crippen LogP contribution in [0.15, 0.2) is 66.7 Å². The maximum Gasteiger partial charge on any atom is 0.230 e. The zero-order valence-electron chi connectivity index (χ0n) is 19.7. The van der Waals surface area contributed by atoms with Gasteiger partial charge in [-0.05, 0) is 54.7 Å². The third-order valence-electron chi connectivity index (χ3n) is 5.37. The third kappa shape index (κ3) is 8.10. The van der Waals surface area contributed by atoms with Crippen LogP contribution in [-0.2, 0) is 30.5 Å². The average Bonchev–Trinajstić information content (AvgIpc) is 3.30. The van der Waals surface area contributed by atoms with Crippen LogP contribution in [0, 0.1) is 0 Å². The second kappa shape index (κ2) is 12.7. The summed E-state index contributed by atoms with van der Waals surface area (Å²) >= 11 is 1.37. The molecule has 10 heteroatoms. The standard InChI is InChI=1S/C26H28N6O3S/c33-21-11-6-9-19(15-21)17-24(35)28-26-32-31-25(36-26)12-5-4-10-20-13-14-22(30-29-20)27-23(34)16-18-7-2-1-3-8-18/h1-3,6-9,11,13-15,23,33-34H,4-5,10,12,16-17H2,(H,27,30)(H,28,32,35). The van der Waals surface area contributed by atoms with Gasteiger partial charge in [-0.15, -0.1) is 15.3 Å². The molecule has 4 rings (SSSR count). The summed E-state index contributed by atoms with van der Waals surface area (Å²) in [6, 6.07) is 20.1. The summed E-state index contributed by atoms with van der Waals surface area (Å²) in [7, 11) is 0. The van der Waals surface area contributed by atoms with Crippen LogP contribution in [0.2, 0.25) is 0 Å². The van der Waals surface area contributed by atoms with Crippen LogP contribution < -0.4 is 10.6 Å². The van der Waals surface area contributed by atoms with Crippen molar-refractivity contribution in [2.75, 3.05) is 10.6 Å². The number of aromatic nitrogens is 4. The van der Waals surface area contributed by atoms with Gasteiger partial charge in [0.25, 0.3) is 0 Å². The van der Waals surface area contributed by atoms with Crippen LogP contribution in [0.4, 0.5) is 10.9 Å². The number of unbranched alkanes of at least 4 members (excludes halogenated alkanes) is 1. The number of aliphatic hydroxyl groups excluding tert-OH is 1. The number of phenols is 1. The second-order valence-corrected chi connectivity index (χ2v) is 9.42. The molecule has 2 aromatic heterocycles. The molecule has 0 aliphatic heterocycles. The topological polar surface area (TPSA) is 133 Å². The molecule has 1 unspecified atom stereocenters. The Morgan fingerprint density at radius 2 is 1.69 bits per heavy atom. The van der Waals surface area contributed by atoms with E-state index in [0.29, 0.717) is 17.4 Å². The minimum atomic E-state index is -0.735. The number of aromatic hydroxyl groups is 1. The number of hydrogen-bond donors (Lipinski definition) is 4. The van der Waals surface area contributed by atoms with Gasteiger partial charge in [0.05, 0.1) is 12.1 Å². The van der Waals surface area contributed by atoms with Crippen molar-refractivity contribution in [2.24, 2.45) is 0 Å². The lowest BCUT2D eigenvalue weighted by atomic mass is 10.1. The van der Waals surface area contributed by atoms with E-state index in [9.17, 15) is 15.0 Å². The van der Waals surface area contributed by atoms with Crippen LogP contribution in [0.1, 0.15) is 34.7 Å². The van der Waals surface area contributed by atoms with Gasteiger partial charge in [0.2, 0.25) is 11.0 Å². The zero-order chi connectivity index (χ0) is 25.2. The fourth-order valence-electron chi connectivity index (χ4n) is 3.63. The number of aliphatic hydroxyl groups is 1. The van der Waals surface area contributed by atoms with E-state index >= 15 is 0 Å². The van der Waals surface area contributed by atoms with Crippen LogP contribution in [-0.4, -0.2) is 42.7 Å². The highest BCUT2D eigenvalue weighted by atomic mass is 32.1. The first-order valence-electron chi connectivity index (χ1n) is 11.7. The van der Waals surface area contributed by atoms with E-state index in [-0.39, 0.29) is 18.1 Å². The number of phenolic OH excluding ortho intramolecular Hbond substituents is 1. The van der Waals surface area contributed by atoms with E-state index in [2.05, 4.69) is 31.0 Å². The molecule has 0 fully saturated rings. The molecule has 1 amide bonds. The maximum atomic E-state index is 12.2. The van der Waals surface area contributed by atoms with Crippen LogP contribution in [0.5, 0.6) is 5.75 Å². The summed E-state index contributed by atoms with van der Waals surface area (Å²) in [6.07, 6.45) is 3.27. The Kier molecular flexibility index (Phi) is 8.90. The summed E-state index contributed by atoms with van der Waals surface area (Å²) < 4.78 is 0. The summed E-state index contributed by atoms with van der Waals surface area (Å²) in [5, 5.41) is 43.4. The first-order valence-corrected chi connectivity index (χ1v) is 12.6. The molecule has 0 saturated carbocycles. The number of carbonyl (C=O) groups excluding carboxylic acids is 1. The van der Waals surface area contributed by atoms with Crippen molar-refractivity contribution in [3.8, 4) is 5.75 Å². The molecule has 0 spiro atoms. The van der Waals surface area contributed by atoms with Gasteiger partial charge in [0, 0.05) is 12.8 Å². The molecule has 0 radical (unpaired) electrons. The van der Waals surface area contributed by atoms with Gasteiger partial charge in [0.1, 0.15) is 17.0 Å². The number of nitrogens with one attached hydrogen (secondary N) is 2. The minimum absolute atomic E-state index is 0.134. The summed E-state index contributed by atoms with van der Waals surface area (Å²) in [5.41, 5.74) is 2.66. The lowest BCUT2D eigenvalue weighted by molar-refractivity contribution is -0.115. The normalized spacial score (nSPS) is 11.7. The van der Waals surface area contributed by atoms with Gasteiger partial charge in [-0.3, -0.25) is 4.79 Å². The van der Waals surface area contributed by atoms with E-state index < -0.39 is 6.23 Å². The fraction of sp³-hybridized carbons (Fsp3) is 0.269. The Morgan fingerprint density at radius 1 is 0.889 bits per heavy atom. The molecule has 2 aromatic carbocycles. The Bertz CT molecular complexity index is 1250. The summed E-state index contributed by atoms with van der Waals surface area (Å²) in [4.78, 5) is 12.2. The molecular formula is C26H28N6O3S. The molecule has 4 aromatic rings. The van der Waals surface area contributed by atoms with Crippen LogP contribution in [0.25, 0.3) is 0 Å². The lowest BCUT2D eigenvalue weighted by Gasteiger charge is -2.13.